The molecule has 0 saturated heterocycles. The topological polar surface area (TPSA) is 78.9 Å². The van der Waals surface area contributed by atoms with E-state index in [-0.39, 0.29) is 31.1 Å². The second-order valence-corrected chi connectivity index (χ2v) is 21.3. The molecule has 0 fully saturated rings. The van der Waals surface area contributed by atoms with E-state index in [4.69, 9.17) is 14.2 Å². The van der Waals surface area contributed by atoms with Gasteiger partial charge < -0.3 is 14.2 Å². The summed E-state index contributed by atoms with van der Waals surface area (Å²) in [5.74, 6) is -0.945. The van der Waals surface area contributed by atoms with Crippen molar-refractivity contribution in [2.75, 3.05) is 13.2 Å². The Labute approximate surface area is 493 Å². The van der Waals surface area contributed by atoms with E-state index in [2.05, 4.69) is 167 Å². The summed E-state index contributed by atoms with van der Waals surface area (Å²) in [6, 6.07) is 0. The highest BCUT2D eigenvalue weighted by molar-refractivity contribution is 5.71. The molecule has 6 heteroatoms. The van der Waals surface area contributed by atoms with E-state index in [1.54, 1.807) is 0 Å². The van der Waals surface area contributed by atoms with Gasteiger partial charge in [-0.25, -0.2) is 0 Å². The molecule has 0 aliphatic rings. The lowest BCUT2D eigenvalue weighted by molar-refractivity contribution is -0.167. The second kappa shape index (κ2) is 66.8. The van der Waals surface area contributed by atoms with E-state index in [0.29, 0.717) is 19.3 Å². The highest BCUT2D eigenvalue weighted by atomic mass is 16.6. The minimum atomic E-state index is -0.804. The van der Waals surface area contributed by atoms with Crippen LogP contribution in [0.15, 0.2) is 146 Å². The van der Waals surface area contributed by atoms with Crippen molar-refractivity contribution in [2.24, 2.45) is 0 Å². The van der Waals surface area contributed by atoms with Crippen LogP contribution in [-0.4, -0.2) is 37.2 Å². The van der Waals surface area contributed by atoms with E-state index in [1.807, 2.05) is 0 Å². The normalized spacial score (nSPS) is 13.1. The van der Waals surface area contributed by atoms with Crippen LogP contribution in [0.3, 0.4) is 0 Å². The van der Waals surface area contributed by atoms with Gasteiger partial charge in [0, 0.05) is 19.3 Å². The molecule has 452 valence electrons. The van der Waals surface area contributed by atoms with E-state index in [9.17, 15) is 14.4 Å². The molecule has 0 spiro atoms. The third-order valence-electron chi connectivity index (χ3n) is 13.6. The summed E-state index contributed by atoms with van der Waals surface area (Å²) in [4.78, 5) is 38.3. The lowest BCUT2D eigenvalue weighted by Gasteiger charge is -2.18. The predicted octanol–water partition coefficient (Wildman–Crippen LogP) is 22.7. The molecule has 1 atom stereocenters. The molecule has 0 aromatic carbocycles. The zero-order chi connectivity index (χ0) is 57.8. The molecule has 0 rings (SSSR count). The maximum Gasteiger partial charge on any atom is 0.306 e. The lowest BCUT2D eigenvalue weighted by atomic mass is 10.0. The van der Waals surface area contributed by atoms with Crippen LogP contribution < -0.4 is 0 Å². The molecule has 0 heterocycles. The third kappa shape index (κ3) is 64.1. The van der Waals surface area contributed by atoms with Gasteiger partial charge in [0.15, 0.2) is 6.10 Å². The quantitative estimate of drug-likeness (QED) is 0.0261. The number of carbonyl (C=O) groups is 3. The Kier molecular flexibility index (Phi) is 62.9. The van der Waals surface area contributed by atoms with Gasteiger partial charge in [0.2, 0.25) is 0 Å². The molecule has 0 aliphatic carbocycles. The molecule has 0 amide bonds. The fraction of sp³-hybridized carbons (Fsp3) is 0.635. The van der Waals surface area contributed by atoms with Crippen molar-refractivity contribution in [1.29, 1.82) is 0 Å². The van der Waals surface area contributed by atoms with Gasteiger partial charge in [-0.05, 0) is 141 Å². The second-order valence-electron chi connectivity index (χ2n) is 21.3. The van der Waals surface area contributed by atoms with Gasteiger partial charge in [0.1, 0.15) is 13.2 Å². The van der Waals surface area contributed by atoms with Gasteiger partial charge in [0.05, 0.1) is 0 Å². The minimum Gasteiger partial charge on any atom is -0.462 e. The number of allylic oxidation sites excluding steroid dienone is 24. The Bertz CT molecular complexity index is 1750. The number of hydrogen-bond acceptors (Lipinski definition) is 6. The fourth-order valence-electron chi connectivity index (χ4n) is 8.70. The Morgan fingerprint density at radius 3 is 0.775 bits per heavy atom. The van der Waals surface area contributed by atoms with E-state index >= 15 is 0 Å². The molecule has 1 unspecified atom stereocenters. The molecule has 0 N–H and O–H groups in total. The maximum absolute atomic E-state index is 12.9. The van der Waals surface area contributed by atoms with Gasteiger partial charge in [-0.15, -0.1) is 0 Å². The van der Waals surface area contributed by atoms with Crippen molar-refractivity contribution >= 4 is 17.9 Å². The molecule has 0 radical (unpaired) electrons. The van der Waals surface area contributed by atoms with Crippen molar-refractivity contribution in [3.63, 3.8) is 0 Å². The first-order valence-electron chi connectivity index (χ1n) is 32.8. The largest absolute Gasteiger partial charge is 0.462 e. The number of ether oxygens (including phenoxy) is 3. The van der Waals surface area contributed by atoms with Crippen LogP contribution in [0.5, 0.6) is 0 Å². The van der Waals surface area contributed by atoms with Gasteiger partial charge in [-0.3, -0.25) is 14.4 Å². The number of rotatable bonds is 58. The lowest BCUT2D eigenvalue weighted by Crippen LogP contribution is -2.30. The molecule has 6 nitrogen and oxygen atoms in total. The molecule has 0 aromatic rings. The van der Waals surface area contributed by atoms with Gasteiger partial charge in [0.25, 0.3) is 0 Å². The first-order chi connectivity index (χ1) is 39.5. The smallest absolute Gasteiger partial charge is 0.306 e. The molecular weight excluding hydrogens is 985 g/mol. The Morgan fingerprint density at radius 1 is 0.263 bits per heavy atom. The monoisotopic (exact) mass is 1100 g/mol. The summed E-state index contributed by atoms with van der Waals surface area (Å²) in [6.45, 7) is 6.36. The Hall–Kier alpha value is -4.71. The van der Waals surface area contributed by atoms with Crippen molar-refractivity contribution in [2.45, 2.75) is 290 Å². The molecule has 0 aromatic heterocycles. The molecule has 0 bridgehead atoms. The molecular formula is C74H120O6. The number of hydrogen-bond donors (Lipinski definition) is 0. The maximum atomic E-state index is 12.9. The third-order valence-corrected chi connectivity index (χ3v) is 13.6. The summed E-state index contributed by atoms with van der Waals surface area (Å²) in [7, 11) is 0. The van der Waals surface area contributed by atoms with Crippen LogP contribution in [0, 0.1) is 0 Å². The van der Waals surface area contributed by atoms with Crippen LogP contribution in [0.2, 0.25) is 0 Å². The fourth-order valence-corrected chi connectivity index (χ4v) is 8.70. The average molecular weight is 1110 g/mol. The summed E-state index contributed by atoms with van der Waals surface area (Å²) in [6.07, 6.45) is 95.8. The van der Waals surface area contributed by atoms with Gasteiger partial charge >= 0.3 is 17.9 Å². The number of unbranched alkanes of at least 4 members (excludes halogenated alkanes) is 23. The summed E-state index contributed by atoms with van der Waals surface area (Å²) < 4.78 is 16.9. The predicted molar refractivity (Wildman–Crippen MR) is 348 cm³/mol. The van der Waals surface area contributed by atoms with Crippen LogP contribution in [0.25, 0.3) is 0 Å². The average Bonchev–Trinajstić information content (AvgIpc) is 3.46. The van der Waals surface area contributed by atoms with Crippen LogP contribution >= 0.6 is 0 Å². The molecule has 0 saturated carbocycles. The molecule has 0 aliphatic heterocycles. The zero-order valence-electron chi connectivity index (χ0n) is 51.8. The van der Waals surface area contributed by atoms with Crippen molar-refractivity contribution in [1.82, 2.24) is 0 Å². The SMILES string of the molecule is CC/C=C\C/C=C\C/C=C\C/C=C\C/C=C\C/C=C\C/C=C\CCCCCCCCCCCCCC(=O)OCC(COC(=O)CCCCC/C=C\C/C=C\C/C=C\CC)OC(=O)CCCCCCC/C=C\C/C=C\CCCCCC. The van der Waals surface area contributed by atoms with E-state index < -0.39 is 6.10 Å². The van der Waals surface area contributed by atoms with Crippen LogP contribution in [-0.2, 0) is 28.6 Å². The van der Waals surface area contributed by atoms with Crippen molar-refractivity contribution in [3.8, 4) is 0 Å². The van der Waals surface area contributed by atoms with Crippen LogP contribution in [0.4, 0.5) is 0 Å². The summed E-state index contributed by atoms with van der Waals surface area (Å²) in [5, 5.41) is 0. The standard InChI is InChI=1S/C74H120O6/c1-4-7-10-13-16-19-22-25-27-29-30-31-32-33-34-35-36-37-38-39-40-41-42-43-44-45-47-49-52-55-58-61-64-67-73(76)79-70-71(69-78-72(75)66-63-60-57-54-51-48-24-21-18-15-12-9-6-3)80-74(77)68-65-62-59-56-53-50-46-28-26-23-20-17-14-11-8-5-2/h7,9-10,12,16,18-21,23,25,27-28,30-31,33-34,36-37,39-40,46,48,51,71H,4-6,8,11,13-15,17,22,24,26,29,32,35,38,41-45,47,49-50,52-70H2,1-3H3/b10-7-,12-9-,19-16-,21-18-,23-20-,27-25-,31-30-,34-33-,37-36-,40-39-,46-28-,51-48-. The van der Waals surface area contributed by atoms with Crippen molar-refractivity contribution in [3.05, 3.63) is 146 Å². The van der Waals surface area contributed by atoms with Gasteiger partial charge in [-0.2, -0.15) is 0 Å². The molecule has 80 heavy (non-hydrogen) atoms. The number of esters is 3. The zero-order valence-corrected chi connectivity index (χ0v) is 51.8. The summed E-state index contributed by atoms with van der Waals surface area (Å²) >= 11 is 0. The van der Waals surface area contributed by atoms with E-state index in [0.717, 1.165) is 154 Å². The van der Waals surface area contributed by atoms with Gasteiger partial charge in [-0.1, -0.05) is 269 Å². The first-order valence-corrected chi connectivity index (χ1v) is 32.8. The minimum absolute atomic E-state index is 0.0984. The van der Waals surface area contributed by atoms with E-state index in [1.165, 1.54) is 89.9 Å². The first kappa shape index (κ1) is 75.3. The van der Waals surface area contributed by atoms with Crippen molar-refractivity contribution < 1.29 is 28.6 Å². The Morgan fingerprint density at radius 2 is 0.487 bits per heavy atom. The number of carbonyl (C=O) groups excluding carboxylic acids is 3. The van der Waals surface area contributed by atoms with Crippen LogP contribution in [0.1, 0.15) is 284 Å². The summed E-state index contributed by atoms with van der Waals surface area (Å²) in [5.41, 5.74) is 0. The highest BCUT2D eigenvalue weighted by Gasteiger charge is 2.19. The highest BCUT2D eigenvalue weighted by Crippen LogP contribution is 2.15. The Balaban J connectivity index is 4.28.